The van der Waals surface area contributed by atoms with Crippen LogP contribution in [-0.2, 0) is 16.1 Å². The van der Waals surface area contributed by atoms with Crippen molar-refractivity contribution >= 4 is 11.7 Å². The summed E-state index contributed by atoms with van der Waals surface area (Å²) in [5.41, 5.74) is 0.806. The molecule has 0 N–H and O–H groups in total. The van der Waals surface area contributed by atoms with Gasteiger partial charge in [0, 0.05) is 45.6 Å². The lowest BCUT2D eigenvalue weighted by Gasteiger charge is -2.22. The van der Waals surface area contributed by atoms with Crippen molar-refractivity contribution in [3.05, 3.63) is 35.6 Å². The summed E-state index contributed by atoms with van der Waals surface area (Å²) in [4.78, 5) is 27.1. The van der Waals surface area contributed by atoms with Gasteiger partial charge in [-0.2, -0.15) is 0 Å². The first-order valence-corrected chi connectivity index (χ1v) is 7.28. The van der Waals surface area contributed by atoms with Gasteiger partial charge < -0.3 is 9.80 Å². The number of halogens is 1. The molecule has 1 heterocycles. The molecule has 2 rings (SSSR count). The summed E-state index contributed by atoms with van der Waals surface area (Å²) in [6.45, 7) is 4.79. The highest BCUT2D eigenvalue weighted by Gasteiger charge is 2.21. The zero-order chi connectivity index (χ0) is 15.2. The fraction of sp³-hybridized carbons (Fsp3) is 0.500. The van der Waals surface area contributed by atoms with Crippen LogP contribution in [0.5, 0.6) is 0 Å². The molecule has 0 bridgehead atoms. The normalized spacial score (nSPS) is 16.9. The lowest BCUT2D eigenvalue weighted by molar-refractivity contribution is -0.131. The quantitative estimate of drug-likeness (QED) is 0.831. The Hall–Kier alpha value is -1.75. The fourth-order valence-electron chi connectivity index (χ4n) is 2.47. The van der Waals surface area contributed by atoms with Crippen LogP contribution in [0.2, 0.25) is 0 Å². The molecule has 1 fully saturated rings. The molecule has 0 radical (unpaired) electrons. The molecule has 4 nitrogen and oxygen atoms in total. The van der Waals surface area contributed by atoms with Crippen molar-refractivity contribution < 1.29 is 14.0 Å². The lowest BCUT2D eigenvalue weighted by atomic mass is 10.2. The van der Waals surface area contributed by atoms with Gasteiger partial charge in [0.1, 0.15) is 11.6 Å². The van der Waals surface area contributed by atoms with E-state index in [1.807, 2.05) is 6.07 Å². The minimum absolute atomic E-state index is 0.0876. The summed E-state index contributed by atoms with van der Waals surface area (Å²) in [6.07, 6.45) is 0.977. The second kappa shape index (κ2) is 7.31. The standard InChI is InChI=1S/C16H21FN2O2/c1-13(20)5-7-18-8-6-16(21)19(10-9-18)12-14-3-2-4-15(17)11-14/h2-4,11H,5-10,12H2,1H3. The van der Waals surface area contributed by atoms with Crippen LogP contribution < -0.4 is 0 Å². The Morgan fingerprint density at radius 1 is 1.29 bits per heavy atom. The SMILES string of the molecule is CC(=O)CCN1CCC(=O)N(Cc2cccc(F)c2)CC1. The first kappa shape index (κ1) is 15.6. The van der Waals surface area contributed by atoms with Gasteiger partial charge in [-0.3, -0.25) is 9.59 Å². The summed E-state index contributed by atoms with van der Waals surface area (Å²) < 4.78 is 13.2. The van der Waals surface area contributed by atoms with Crippen LogP contribution in [0.3, 0.4) is 0 Å². The van der Waals surface area contributed by atoms with Crippen molar-refractivity contribution in [3.63, 3.8) is 0 Å². The fourth-order valence-corrected chi connectivity index (χ4v) is 2.47. The van der Waals surface area contributed by atoms with Gasteiger partial charge in [-0.15, -0.1) is 0 Å². The number of carbonyl (C=O) groups is 2. The molecule has 1 aromatic carbocycles. The van der Waals surface area contributed by atoms with E-state index in [-0.39, 0.29) is 17.5 Å². The molecule has 0 saturated carbocycles. The van der Waals surface area contributed by atoms with Crippen molar-refractivity contribution in [2.24, 2.45) is 0 Å². The van der Waals surface area contributed by atoms with E-state index in [2.05, 4.69) is 4.90 Å². The monoisotopic (exact) mass is 292 g/mol. The van der Waals surface area contributed by atoms with Gasteiger partial charge in [-0.05, 0) is 24.6 Å². The Morgan fingerprint density at radius 3 is 2.81 bits per heavy atom. The van der Waals surface area contributed by atoms with Crippen molar-refractivity contribution in [1.82, 2.24) is 9.80 Å². The highest BCUT2D eigenvalue weighted by Crippen LogP contribution is 2.11. The van der Waals surface area contributed by atoms with Crippen molar-refractivity contribution in [2.45, 2.75) is 26.3 Å². The maximum absolute atomic E-state index is 13.2. The second-order valence-corrected chi connectivity index (χ2v) is 5.49. The van der Waals surface area contributed by atoms with Crippen LogP contribution in [0.1, 0.15) is 25.3 Å². The first-order chi connectivity index (χ1) is 10.0. The molecule has 5 heteroatoms. The predicted octanol–water partition coefficient (Wildman–Crippen LogP) is 1.84. The van der Waals surface area contributed by atoms with Gasteiger partial charge in [0.2, 0.25) is 5.91 Å². The molecule has 1 amide bonds. The number of carbonyl (C=O) groups excluding carboxylic acids is 2. The molecule has 1 saturated heterocycles. The minimum atomic E-state index is -0.280. The highest BCUT2D eigenvalue weighted by molar-refractivity contribution is 5.77. The van der Waals surface area contributed by atoms with Gasteiger partial charge in [0.15, 0.2) is 0 Å². The third-order valence-electron chi connectivity index (χ3n) is 3.72. The van der Waals surface area contributed by atoms with Crippen molar-refractivity contribution in [1.29, 1.82) is 0 Å². The third-order valence-corrected chi connectivity index (χ3v) is 3.72. The average molecular weight is 292 g/mol. The van der Waals surface area contributed by atoms with Crippen LogP contribution in [0.4, 0.5) is 4.39 Å². The van der Waals surface area contributed by atoms with E-state index < -0.39 is 0 Å². The lowest BCUT2D eigenvalue weighted by Crippen LogP contribution is -2.33. The number of nitrogens with zero attached hydrogens (tertiary/aromatic N) is 2. The van der Waals surface area contributed by atoms with Crippen LogP contribution >= 0.6 is 0 Å². The topological polar surface area (TPSA) is 40.6 Å². The summed E-state index contributed by atoms with van der Waals surface area (Å²) in [7, 11) is 0. The predicted molar refractivity (Wildman–Crippen MR) is 78.2 cm³/mol. The first-order valence-electron chi connectivity index (χ1n) is 7.28. The summed E-state index contributed by atoms with van der Waals surface area (Å²) in [5.74, 6) is -0.0235. The highest BCUT2D eigenvalue weighted by atomic mass is 19.1. The molecule has 1 aliphatic rings. The molecule has 0 unspecified atom stereocenters. The second-order valence-electron chi connectivity index (χ2n) is 5.49. The zero-order valence-corrected chi connectivity index (χ0v) is 12.3. The summed E-state index contributed by atoms with van der Waals surface area (Å²) in [5, 5.41) is 0. The van der Waals surface area contributed by atoms with E-state index in [4.69, 9.17) is 0 Å². The Bertz CT molecular complexity index is 519. The van der Waals surface area contributed by atoms with Crippen molar-refractivity contribution in [2.75, 3.05) is 26.2 Å². The van der Waals surface area contributed by atoms with Gasteiger partial charge in [0.05, 0.1) is 0 Å². The molecular weight excluding hydrogens is 271 g/mol. The van der Waals surface area contributed by atoms with Gasteiger partial charge in [0.25, 0.3) is 0 Å². The van der Waals surface area contributed by atoms with E-state index in [0.29, 0.717) is 39.0 Å². The Kier molecular flexibility index (Phi) is 5.44. The molecule has 1 aromatic rings. The Labute approximate surface area is 124 Å². The number of benzene rings is 1. The zero-order valence-electron chi connectivity index (χ0n) is 12.3. The molecule has 21 heavy (non-hydrogen) atoms. The maximum atomic E-state index is 13.2. The van der Waals surface area contributed by atoms with Gasteiger partial charge in [-0.1, -0.05) is 12.1 Å². The molecule has 0 atom stereocenters. The molecule has 0 aliphatic carbocycles. The molecular formula is C16H21FN2O2. The van der Waals surface area contributed by atoms with E-state index in [1.54, 1.807) is 17.9 Å². The van der Waals surface area contributed by atoms with Crippen LogP contribution in [0, 0.1) is 5.82 Å². The number of hydrogen-bond acceptors (Lipinski definition) is 3. The Balaban J connectivity index is 1.92. The number of ketones is 1. The molecule has 0 spiro atoms. The summed E-state index contributed by atoms with van der Waals surface area (Å²) >= 11 is 0. The summed E-state index contributed by atoms with van der Waals surface area (Å²) in [6, 6.07) is 6.35. The molecule has 1 aliphatic heterocycles. The third kappa shape index (κ3) is 4.93. The Morgan fingerprint density at radius 2 is 2.10 bits per heavy atom. The van der Waals surface area contributed by atoms with Crippen LogP contribution in [-0.4, -0.2) is 47.7 Å². The smallest absolute Gasteiger partial charge is 0.224 e. The minimum Gasteiger partial charge on any atom is -0.337 e. The van der Waals surface area contributed by atoms with Gasteiger partial charge >= 0.3 is 0 Å². The van der Waals surface area contributed by atoms with E-state index in [0.717, 1.165) is 12.1 Å². The molecule has 0 aromatic heterocycles. The number of hydrogen-bond donors (Lipinski definition) is 0. The van der Waals surface area contributed by atoms with E-state index in [9.17, 15) is 14.0 Å². The van der Waals surface area contributed by atoms with Crippen molar-refractivity contribution in [3.8, 4) is 0 Å². The largest absolute Gasteiger partial charge is 0.337 e. The number of Topliss-reactive ketones (excluding diaryl/α,β-unsaturated/α-hetero) is 1. The van der Waals surface area contributed by atoms with Gasteiger partial charge in [-0.25, -0.2) is 4.39 Å². The van der Waals surface area contributed by atoms with E-state index >= 15 is 0 Å². The number of rotatable bonds is 5. The van der Waals surface area contributed by atoms with Crippen LogP contribution in [0.25, 0.3) is 0 Å². The average Bonchev–Trinajstić information content (AvgIpc) is 2.60. The number of amides is 1. The van der Waals surface area contributed by atoms with Crippen LogP contribution in [0.15, 0.2) is 24.3 Å². The maximum Gasteiger partial charge on any atom is 0.224 e. The molecule has 114 valence electrons. The van der Waals surface area contributed by atoms with E-state index in [1.165, 1.54) is 12.1 Å².